The van der Waals surface area contributed by atoms with Crippen LogP contribution in [-0.2, 0) is 0 Å². The average molecular weight is 342 g/mol. The Hall–Kier alpha value is -0.700. The third-order valence-corrected chi connectivity index (χ3v) is 13.8. The van der Waals surface area contributed by atoms with Gasteiger partial charge in [0.1, 0.15) is 10.6 Å². The van der Waals surface area contributed by atoms with Crippen LogP contribution in [0.15, 0.2) is 54.6 Å². The Bertz CT molecular complexity index is 665. The first kappa shape index (κ1) is 17.1. The molecular weight excluding hydrogens is 314 g/mol. The highest BCUT2D eigenvalue weighted by Gasteiger charge is 2.48. The molecule has 23 heavy (non-hydrogen) atoms. The fraction of sp³-hybridized carbons (Fsp3) is 0.333. The molecule has 0 bridgehead atoms. The molecular formula is C21H28P2. The van der Waals surface area contributed by atoms with Crippen LogP contribution in [0.25, 0.3) is 0 Å². The van der Waals surface area contributed by atoms with Crippen LogP contribution in [0, 0.1) is 13.3 Å². The molecule has 0 spiro atoms. The van der Waals surface area contributed by atoms with Crippen LogP contribution in [-0.4, -0.2) is 18.0 Å². The van der Waals surface area contributed by atoms with Gasteiger partial charge < -0.3 is 0 Å². The lowest BCUT2D eigenvalue weighted by atomic mass is 10.2. The second kappa shape index (κ2) is 6.31. The van der Waals surface area contributed by atoms with E-state index in [-0.39, 0.29) is 0 Å². The van der Waals surface area contributed by atoms with Crippen molar-refractivity contribution < 1.29 is 0 Å². The van der Waals surface area contributed by atoms with Gasteiger partial charge in [-0.15, -0.1) is 0 Å². The van der Waals surface area contributed by atoms with Gasteiger partial charge in [0.25, 0.3) is 0 Å². The molecule has 1 heterocycles. The Balaban J connectivity index is 2.16. The summed E-state index contributed by atoms with van der Waals surface area (Å²) in [5.74, 6) is 0. The highest BCUT2D eigenvalue weighted by Crippen LogP contribution is 2.71. The van der Waals surface area contributed by atoms with E-state index >= 15 is 0 Å². The van der Waals surface area contributed by atoms with Gasteiger partial charge in [-0.25, -0.2) is 0 Å². The highest BCUT2D eigenvalue weighted by atomic mass is 31.2. The maximum atomic E-state index is 4.87. The van der Waals surface area contributed by atoms with Gasteiger partial charge in [-0.2, -0.15) is 13.3 Å². The molecule has 1 saturated heterocycles. The number of benzene rings is 2. The van der Waals surface area contributed by atoms with E-state index in [1.165, 1.54) is 23.5 Å². The monoisotopic (exact) mass is 342 g/mol. The summed E-state index contributed by atoms with van der Waals surface area (Å²) < 4.78 is 0. The fourth-order valence-corrected chi connectivity index (χ4v) is 11.2. The average Bonchev–Trinajstić information content (AvgIpc) is 2.84. The zero-order valence-corrected chi connectivity index (χ0v) is 16.4. The van der Waals surface area contributed by atoms with E-state index in [4.69, 9.17) is 13.3 Å². The lowest BCUT2D eigenvalue weighted by molar-refractivity contribution is 0.777. The second-order valence-corrected chi connectivity index (χ2v) is 14.7. The smallest absolute Gasteiger partial charge is 0.108 e. The van der Waals surface area contributed by atoms with Gasteiger partial charge in [0.15, 0.2) is 0 Å². The second-order valence-electron chi connectivity index (χ2n) is 7.22. The maximum Gasteiger partial charge on any atom is 0.108 e. The summed E-state index contributed by atoms with van der Waals surface area (Å²) in [6.45, 7) is 16.8. The van der Waals surface area contributed by atoms with Crippen molar-refractivity contribution in [3.05, 3.63) is 67.9 Å². The summed E-state index contributed by atoms with van der Waals surface area (Å²) in [7, 11) is -2.97. The molecule has 1 aliphatic heterocycles. The van der Waals surface area contributed by atoms with E-state index in [9.17, 15) is 0 Å². The molecule has 0 N–H and O–H groups in total. The van der Waals surface area contributed by atoms with Crippen LogP contribution in [0.4, 0.5) is 0 Å². The maximum absolute atomic E-state index is 4.87. The molecule has 2 aromatic carbocycles. The molecule has 122 valence electrons. The summed E-state index contributed by atoms with van der Waals surface area (Å²) in [5.41, 5.74) is 1.46. The van der Waals surface area contributed by atoms with Gasteiger partial charge in [-0.1, -0.05) is 44.9 Å². The van der Waals surface area contributed by atoms with E-state index in [0.29, 0.717) is 0 Å². The fourth-order valence-electron chi connectivity index (χ4n) is 3.98. The normalized spacial score (nSPS) is 26.0. The Morgan fingerprint density at radius 2 is 1.43 bits per heavy atom. The van der Waals surface area contributed by atoms with Crippen molar-refractivity contribution in [1.29, 1.82) is 0 Å². The molecule has 3 rings (SSSR count). The Kier molecular flexibility index (Phi) is 4.70. The van der Waals surface area contributed by atoms with Crippen LogP contribution in [0.2, 0.25) is 0 Å². The van der Waals surface area contributed by atoms with Gasteiger partial charge in [0.05, 0.1) is 5.30 Å². The van der Waals surface area contributed by atoms with Crippen LogP contribution in [0.3, 0.4) is 0 Å². The number of rotatable bonds is 3. The van der Waals surface area contributed by atoms with E-state index in [0.717, 1.165) is 11.3 Å². The molecule has 0 radical (unpaired) electrons. The molecule has 1 fully saturated rings. The van der Waals surface area contributed by atoms with Crippen molar-refractivity contribution in [2.45, 2.75) is 38.0 Å². The first-order chi connectivity index (χ1) is 10.9. The Morgan fingerprint density at radius 1 is 0.913 bits per heavy atom. The molecule has 2 heteroatoms. The third kappa shape index (κ3) is 2.79. The molecule has 0 nitrogen and oxygen atoms in total. The summed E-state index contributed by atoms with van der Waals surface area (Å²) in [6.07, 6.45) is 2.65. The first-order valence-corrected chi connectivity index (χ1v) is 13.0. The van der Waals surface area contributed by atoms with Crippen LogP contribution < -0.4 is 15.9 Å². The minimum absolute atomic E-state index is 0.731. The molecule has 0 aliphatic carbocycles. The van der Waals surface area contributed by atoms with E-state index in [1.807, 2.05) is 0 Å². The Morgan fingerprint density at radius 3 is 2.04 bits per heavy atom. The van der Waals surface area contributed by atoms with E-state index < -0.39 is 14.5 Å². The molecule has 0 saturated carbocycles. The SMILES string of the molecule is [CH2-][P+](C)(c1ccccc1)c1ccccc1[P+]1([CH2-])[C@H](C)CC[C@H]1C. The zero-order valence-electron chi connectivity index (χ0n) is 14.6. The number of hydrogen-bond donors (Lipinski definition) is 0. The molecule has 0 aromatic heterocycles. The van der Waals surface area contributed by atoms with Crippen molar-refractivity contribution in [2.24, 2.45) is 0 Å². The lowest BCUT2D eigenvalue weighted by Crippen LogP contribution is -2.35. The zero-order chi connectivity index (χ0) is 16.7. The van der Waals surface area contributed by atoms with Crippen molar-refractivity contribution in [3.8, 4) is 0 Å². The van der Waals surface area contributed by atoms with Gasteiger partial charge in [0.2, 0.25) is 0 Å². The number of hydrogen-bond acceptors (Lipinski definition) is 0. The third-order valence-electron chi connectivity index (χ3n) is 5.76. The van der Waals surface area contributed by atoms with Crippen molar-refractivity contribution >= 4 is 30.4 Å². The van der Waals surface area contributed by atoms with Gasteiger partial charge in [-0.3, -0.25) is 0 Å². The first-order valence-electron chi connectivity index (χ1n) is 8.48. The van der Waals surface area contributed by atoms with Crippen molar-refractivity contribution in [2.75, 3.05) is 6.66 Å². The van der Waals surface area contributed by atoms with Crippen LogP contribution in [0.1, 0.15) is 26.7 Å². The summed E-state index contributed by atoms with van der Waals surface area (Å²) >= 11 is 0. The lowest BCUT2D eigenvalue weighted by Gasteiger charge is -2.38. The topological polar surface area (TPSA) is 0 Å². The minimum atomic E-state index is -1.60. The van der Waals surface area contributed by atoms with Crippen molar-refractivity contribution in [3.63, 3.8) is 0 Å². The summed E-state index contributed by atoms with van der Waals surface area (Å²) in [4.78, 5) is 0. The van der Waals surface area contributed by atoms with Crippen LogP contribution >= 0.6 is 14.5 Å². The quantitative estimate of drug-likeness (QED) is 0.539. The molecule has 3 atom stereocenters. The molecule has 2 aromatic rings. The molecule has 0 amide bonds. The standard InChI is InChI=1S/C21H28P2/c1-17-15-16-18(2)23(17,5)21-14-10-9-13-20(21)22(3,4)19-11-7-6-8-12-19/h6-14,17-18H,3,5,15-16H2,1-2,4H3/t17-,18-,22?/m1/s1. The van der Waals surface area contributed by atoms with Gasteiger partial charge >= 0.3 is 0 Å². The molecule has 1 unspecified atom stereocenters. The summed E-state index contributed by atoms with van der Waals surface area (Å²) in [5, 5.41) is 4.42. The predicted octanol–water partition coefficient (Wildman–Crippen LogP) is 5.08. The highest BCUT2D eigenvalue weighted by molar-refractivity contribution is 7.93. The largest absolute Gasteiger partial charge is 0.174 e. The van der Waals surface area contributed by atoms with E-state index in [1.54, 1.807) is 5.30 Å². The Labute approximate surface area is 143 Å². The molecule has 1 aliphatic rings. The minimum Gasteiger partial charge on any atom is -0.174 e. The predicted molar refractivity (Wildman–Crippen MR) is 110 cm³/mol. The van der Waals surface area contributed by atoms with E-state index in [2.05, 4.69) is 75.1 Å². The summed E-state index contributed by atoms with van der Waals surface area (Å²) in [6, 6.07) is 19.9. The van der Waals surface area contributed by atoms with Crippen LogP contribution in [0.5, 0.6) is 0 Å². The van der Waals surface area contributed by atoms with Gasteiger partial charge in [0, 0.05) is 18.0 Å². The van der Waals surface area contributed by atoms with Gasteiger partial charge in [-0.05, 0) is 51.0 Å². The van der Waals surface area contributed by atoms with Crippen molar-refractivity contribution in [1.82, 2.24) is 0 Å².